The van der Waals surface area contributed by atoms with Crippen LogP contribution in [0.5, 0.6) is 0 Å². The highest BCUT2D eigenvalue weighted by atomic mass is 79.9. The second-order valence-corrected chi connectivity index (χ2v) is 8.15. The van der Waals surface area contributed by atoms with E-state index in [2.05, 4.69) is 58.0 Å². The Kier molecular flexibility index (Phi) is 9.74. The number of esters is 1. The molecule has 0 heterocycles. The molecule has 0 aliphatic rings. The molecule has 0 aromatic heterocycles. The molecule has 0 radical (unpaired) electrons. The third kappa shape index (κ3) is 10.1. The third-order valence-electron chi connectivity index (χ3n) is 2.85. The van der Waals surface area contributed by atoms with Gasteiger partial charge in [-0.1, -0.05) is 33.6 Å². The van der Waals surface area contributed by atoms with Gasteiger partial charge in [0.1, 0.15) is 15.9 Å². The quantitative estimate of drug-likeness (QED) is 0.573. The van der Waals surface area contributed by atoms with Crippen LogP contribution in [0.2, 0.25) is 0 Å². The van der Waals surface area contributed by atoms with Gasteiger partial charge < -0.3 is 10.1 Å². The maximum Gasteiger partial charge on any atom is 0.328 e. The topological polar surface area (TPSA) is 89.5 Å². The van der Waals surface area contributed by atoms with Crippen molar-refractivity contribution in [3.05, 3.63) is 33.8 Å². The minimum atomic E-state index is -3.14. The highest BCUT2D eigenvalue weighted by Crippen LogP contribution is 2.15. The van der Waals surface area contributed by atoms with Crippen molar-refractivity contribution in [3.8, 4) is 0 Å². The van der Waals surface area contributed by atoms with Crippen molar-refractivity contribution in [2.45, 2.75) is 26.3 Å². The number of amides is 1. The molecule has 1 aromatic rings. The van der Waals surface area contributed by atoms with Gasteiger partial charge in [-0.15, -0.1) is 0 Å². The van der Waals surface area contributed by atoms with Crippen LogP contribution < -0.4 is 5.32 Å². The Labute approximate surface area is 145 Å². The Morgan fingerprint density at radius 3 is 2.39 bits per heavy atom. The summed E-state index contributed by atoms with van der Waals surface area (Å²) in [6.45, 7) is 4.19. The summed E-state index contributed by atoms with van der Waals surface area (Å²) in [5.74, 6) is -0.825. The van der Waals surface area contributed by atoms with Gasteiger partial charge in [-0.05, 0) is 31.9 Å². The number of hydrogen-bond acceptors (Lipinski definition) is 5. The van der Waals surface area contributed by atoms with Gasteiger partial charge in [0.25, 0.3) is 0 Å². The van der Waals surface area contributed by atoms with Gasteiger partial charge in [-0.3, -0.25) is 4.79 Å². The summed E-state index contributed by atoms with van der Waals surface area (Å²) in [6, 6.07) is 5.43. The number of methoxy groups -OCH3 is 1. The lowest BCUT2D eigenvalue weighted by atomic mass is 10.2. The van der Waals surface area contributed by atoms with Gasteiger partial charge in [-0.25, -0.2) is 13.2 Å². The van der Waals surface area contributed by atoms with Crippen LogP contribution in [0.15, 0.2) is 22.7 Å². The minimum Gasteiger partial charge on any atom is -0.467 e. The van der Waals surface area contributed by atoms with Crippen molar-refractivity contribution in [1.82, 2.24) is 5.32 Å². The molecule has 1 N–H and O–H groups in total. The molecule has 0 aliphatic carbocycles. The molecule has 1 aromatic carbocycles. The van der Waals surface area contributed by atoms with Crippen LogP contribution in [-0.4, -0.2) is 46.0 Å². The van der Waals surface area contributed by atoms with Crippen LogP contribution >= 0.6 is 15.9 Å². The highest BCUT2D eigenvalue weighted by molar-refractivity contribution is 9.10. The molecule has 0 unspecified atom stereocenters. The standard InChI is InChI=1S/C8H9Br.C7H13NO5S/c1-6-3-4-8(9)7(2)5-6;1-13-7(10)6(8-5-9)3-4-14(2,11)12/h3-5H,1-2H3;5-6H,3-4H2,1-2H3,(H,8,9)/t;6-/m.0/s1. The maximum absolute atomic E-state index is 11.0. The Morgan fingerprint density at radius 1 is 1.39 bits per heavy atom. The molecule has 8 heteroatoms. The molecule has 1 atom stereocenters. The highest BCUT2D eigenvalue weighted by Gasteiger charge is 2.19. The zero-order valence-corrected chi connectivity index (χ0v) is 16.0. The molecular weight excluding hydrogens is 386 g/mol. The third-order valence-corrected chi connectivity index (χ3v) is 4.71. The molecular formula is C15H22BrNO5S. The zero-order chi connectivity index (χ0) is 18.0. The van der Waals surface area contributed by atoms with Crippen molar-refractivity contribution in [3.63, 3.8) is 0 Å². The number of sulfone groups is 1. The Bertz CT molecular complexity index is 631. The second kappa shape index (κ2) is 10.4. The molecule has 0 spiro atoms. The first kappa shape index (κ1) is 21.6. The van der Waals surface area contributed by atoms with E-state index < -0.39 is 21.8 Å². The smallest absolute Gasteiger partial charge is 0.328 e. The predicted molar refractivity (Wildman–Crippen MR) is 92.9 cm³/mol. The van der Waals surface area contributed by atoms with Gasteiger partial charge in [0, 0.05) is 10.7 Å². The van der Waals surface area contributed by atoms with Crippen molar-refractivity contribution in [2.24, 2.45) is 0 Å². The molecule has 130 valence electrons. The second-order valence-electron chi connectivity index (χ2n) is 5.03. The summed E-state index contributed by atoms with van der Waals surface area (Å²) in [4.78, 5) is 21.1. The number of benzene rings is 1. The summed E-state index contributed by atoms with van der Waals surface area (Å²) < 4.78 is 27.1. The lowest BCUT2D eigenvalue weighted by Gasteiger charge is -2.12. The molecule has 0 fully saturated rings. The predicted octanol–water partition coefficient (Wildman–Crippen LogP) is 1.77. The van der Waals surface area contributed by atoms with E-state index in [4.69, 9.17) is 0 Å². The van der Waals surface area contributed by atoms with Gasteiger partial charge >= 0.3 is 5.97 Å². The van der Waals surface area contributed by atoms with E-state index >= 15 is 0 Å². The summed E-state index contributed by atoms with van der Waals surface area (Å²) in [6.07, 6.45) is 1.41. The molecule has 1 rings (SSSR count). The fourth-order valence-corrected chi connectivity index (χ4v) is 2.53. The Balaban J connectivity index is 0.000000459. The van der Waals surface area contributed by atoms with E-state index in [-0.39, 0.29) is 12.2 Å². The number of aryl methyl sites for hydroxylation is 2. The average molecular weight is 408 g/mol. The summed E-state index contributed by atoms with van der Waals surface area (Å²) in [5.41, 5.74) is 2.62. The van der Waals surface area contributed by atoms with E-state index in [0.29, 0.717) is 6.41 Å². The molecule has 1 amide bonds. The van der Waals surface area contributed by atoms with Gasteiger partial charge in [0.05, 0.1) is 12.9 Å². The molecule has 0 aliphatic heterocycles. The SMILES string of the molecule is COC(=O)[C@H](CCS(C)(=O)=O)NC=O.Cc1ccc(Br)c(C)c1. The molecule has 0 saturated heterocycles. The Morgan fingerprint density at radius 2 is 2.00 bits per heavy atom. The molecule has 23 heavy (non-hydrogen) atoms. The fourth-order valence-electron chi connectivity index (χ4n) is 1.62. The largest absolute Gasteiger partial charge is 0.467 e. The first-order chi connectivity index (χ1) is 10.6. The van der Waals surface area contributed by atoms with Gasteiger partial charge in [0.15, 0.2) is 0 Å². The van der Waals surface area contributed by atoms with Gasteiger partial charge in [0.2, 0.25) is 6.41 Å². The fraction of sp³-hybridized carbons (Fsp3) is 0.467. The van der Waals surface area contributed by atoms with E-state index in [1.807, 2.05) is 0 Å². The summed E-state index contributed by atoms with van der Waals surface area (Å²) in [7, 11) is -1.97. The molecule has 6 nitrogen and oxygen atoms in total. The van der Waals surface area contributed by atoms with Crippen LogP contribution in [-0.2, 0) is 24.2 Å². The first-order valence-corrected chi connectivity index (χ1v) is 9.64. The zero-order valence-electron chi connectivity index (χ0n) is 13.6. The van der Waals surface area contributed by atoms with Crippen LogP contribution in [0, 0.1) is 13.8 Å². The van der Waals surface area contributed by atoms with Crippen molar-refractivity contribution in [1.29, 1.82) is 0 Å². The number of carbonyl (C=O) groups excluding carboxylic acids is 2. The normalized spacial score (nSPS) is 11.7. The van der Waals surface area contributed by atoms with Crippen LogP contribution in [0.4, 0.5) is 0 Å². The van der Waals surface area contributed by atoms with Crippen molar-refractivity contribution < 1.29 is 22.7 Å². The van der Waals surface area contributed by atoms with Crippen LogP contribution in [0.3, 0.4) is 0 Å². The monoisotopic (exact) mass is 407 g/mol. The van der Waals surface area contributed by atoms with E-state index in [1.54, 1.807) is 0 Å². The van der Waals surface area contributed by atoms with Crippen LogP contribution in [0.1, 0.15) is 17.5 Å². The lowest BCUT2D eigenvalue weighted by molar-refractivity contribution is -0.144. The average Bonchev–Trinajstić information content (AvgIpc) is 2.46. The first-order valence-electron chi connectivity index (χ1n) is 6.78. The minimum absolute atomic E-state index is 0.0181. The van der Waals surface area contributed by atoms with Gasteiger partial charge in [-0.2, -0.15) is 0 Å². The number of hydrogen-bond donors (Lipinski definition) is 1. The number of nitrogens with one attached hydrogen (secondary N) is 1. The number of halogens is 1. The maximum atomic E-state index is 11.0. The lowest BCUT2D eigenvalue weighted by Crippen LogP contribution is -2.38. The van der Waals surface area contributed by atoms with E-state index in [9.17, 15) is 18.0 Å². The number of rotatable bonds is 6. The van der Waals surface area contributed by atoms with Crippen LogP contribution in [0.25, 0.3) is 0 Å². The molecule has 0 bridgehead atoms. The van der Waals surface area contributed by atoms with Crippen molar-refractivity contribution >= 4 is 38.1 Å². The van der Waals surface area contributed by atoms with E-state index in [0.717, 1.165) is 6.26 Å². The van der Waals surface area contributed by atoms with Crippen molar-refractivity contribution in [2.75, 3.05) is 19.1 Å². The summed E-state index contributed by atoms with van der Waals surface area (Å²) >= 11 is 3.43. The Hall–Kier alpha value is -1.41. The molecule has 0 saturated carbocycles. The summed E-state index contributed by atoms with van der Waals surface area (Å²) in [5, 5.41) is 2.19. The number of ether oxygens (including phenoxy) is 1. The van der Waals surface area contributed by atoms with E-state index in [1.165, 1.54) is 22.7 Å². The number of carbonyl (C=O) groups is 2.